The molecule has 1 saturated heterocycles. The Hall–Kier alpha value is -0.610. The predicted octanol–water partition coefficient (Wildman–Crippen LogP) is 1.34. The Bertz CT molecular complexity index is 265. The number of carbonyl (C=O) groups excluding carboxylic acids is 1. The molecule has 18 heavy (non-hydrogen) atoms. The molecule has 0 bridgehead atoms. The second-order valence-corrected chi connectivity index (χ2v) is 6.10. The first-order valence-corrected chi connectivity index (χ1v) is 7.07. The predicted molar refractivity (Wildman–Crippen MR) is 73.4 cm³/mol. The van der Waals surface area contributed by atoms with Crippen LogP contribution >= 0.6 is 0 Å². The van der Waals surface area contributed by atoms with Crippen LogP contribution in [0.1, 0.15) is 40.5 Å². The Morgan fingerprint density at radius 2 is 1.83 bits per heavy atom. The molecule has 4 heteroatoms. The molecule has 1 amide bonds. The molecule has 0 radical (unpaired) electrons. The maximum absolute atomic E-state index is 12.1. The Morgan fingerprint density at radius 1 is 1.28 bits per heavy atom. The molecule has 0 spiro atoms. The summed E-state index contributed by atoms with van der Waals surface area (Å²) in [5.41, 5.74) is -0.651. The Morgan fingerprint density at radius 3 is 2.28 bits per heavy atom. The van der Waals surface area contributed by atoms with Crippen molar-refractivity contribution >= 4 is 5.91 Å². The van der Waals surface area contributed by atoms with E-state index in [0.29, 0.717) is 12.5 Å². The fraction of sp³-hybridized carbons (Fsp3) is 0.929. The smallest absolute Gasteiger partial charge is 0.225 e. The third kappa shape index (κ3) is 4.94. The van der Waals surface area contributed by atoms with Crippen LogP contribution in [0.15, 0.2) is 0 Å². The van der Waals surface area contributed by atoms with Gasteiger partial charge in [-0.05, 0) is 20.3 Å². The molecule has 1 rings (SSSR count). The van der Waals surface area contributed by atoms with Gasteiger partial charge < -0.3 is 10.0 Å². The van der Waals surface area contributed by atoms with E-state index in [2.05, 4.69) is 11.8 Å². The van der Waals surface area contributed by atoms with Crippen LogP contribution in [-0.2, 0) is 4.79 Å². The van der Waals surface area contributed by atoms with Crippen molar-refractivity contribution in [3.8, 4) is 0 Å². The highest BCUT2D eigenvalue weighted by Gasteiger charge is 2.26. The number of amides is 1. The van der Waals surface area contributed by atoms with Crippen LogP contribution < -0.4 is 0 Å². The molecule has 1 unspecified atom stereocenters. The molecular weight excluding hydrogens is 228 g/mol. The van der Waals surface area contributed by atoms with E-state index in [1.807, 2.05) is 25.7 Å². The second-order valence-electron chi connectivity index (χ2n) is 6.10. The summed E-state index contributed by atoms with van der Waals surface area (Å²) < 4.78 is 0. The molecule has 1 aliphatic rings. The van der Waals surface area contributed by atoms with Gasteiger partial charge in [-0.3, -0.25) is 9.69 Å². The molecule has 1 heterocycles. The van der Waals surface area contributed by atoms with Crippen molar-refractivity contribution in [2.45, 2.75) is 46.1 Å². The minimum atomic E-state index is -0.651. The van der Waals surface area contributed by atoms with Crippen LogP contribution in [0.4, 0.5) is 0 Å². The van der Waals surface area contributed by atoms with Crippen molar-refractivity contribution in [2.75, 3.05) is 32.7 Å². The lowest BCUT2D eigenvalue weighted by molar-refractivity contribution is -0.137. The average Bonchev–Trinajstić information content (AvgIpc) is 2.27. The molecule has 0 aromatic carbocycles. The largest absolute Gasteiger partial charge is 0.389 e. The van der Waals surface area contributed by atoms with E-state index in [1.54, 1.807) is 0 Å². The number of nitrogens with zero attached hydrogens (tertiary/aromatic N) is 2. The van der Waals surface area contributed by atoms with Crippen molar-refractivity contribution < 1.29 is 9.90 Å². The third-order valence-electron chi connectivity index (χ3n) is 3.44. The first-order valence-electron chi connectivity index (χ1n) is 7.07. The minimum Gasteiger partial charge on any atom is -0.389 e. The number of hydrogen-bond donors (Lipinski definition) is 1. The zero-order chi connectivity index (χ0) is 13.8. The summed E-state index contributed by atoms with van der Waals surface area (Å²) in [5.74, 6) is 0.440. The van der Waals surface area contributed by atoms with E-state index in [1.165, 1.54) is 0 Å². The highest BCUT2D eigenvalue weighted by molar-refractivity contribution is 5.78. The maximum atomic E-state index is 12.1. The number of piperazine rings is 1. The maximum Gasteiger partial charge on any atom is 0.225 e. The number of carbonyl (C=O) groups is 1. The van der Waals surface area contributed by atoms with Gasteiger partial charge in [0.2, 0.25) is 5.91 Å². The molecular formula is C14H28N2O2. The lowest BCUT2D eigenvalue weighted by Gasteiger charge is -2.38. The zero-order valence-electron chi connectivity index (χ0n) is 12.3. The first kappa shape index (κ1) is 15.4. The molecule has 0 aliphatic carbocycles. The lowest BCUT2D eigenvalue weighted by Crippen LogP contribution is -2.52. The van der Waals surface area contributed by atoms with Gasteiger partial charge in [0.1, 0.15) is 0 Å². The van der Waals surface area contributed by atoms with E-state index in [9.17, 15) is 9.90 Å². The highest BCUT2D eigenvalue weighted by Crippen LogP contribution is 2.13. The average molecular weight is 256 g/mol. The summed E-state index contributed by atoms with van der Waals surface area (Å²) in [5, 5.41) is 9.78. The summed E-state index contributed by atoms with van der Waals surface area (Å²) in [6.07, 6.45) is 2.04. The van der Waals surface area contributed by atoms with Crippen LogP contribution in [0.5, 0.6) is 0 Å². The zero-order valence-corrected chi connectivity index (χ0v) is 12.3. The summed E-state index contributed by atoms with van der Waals surface area (Å²) in [6.45, 7) is 11.8. The van der Waals surface area contributed by atoms with Gasteiger partial charge >= 0.3 is 0 Å². The van der Waals surface area contributed by atoms with Gasteiger partial charge in [0.25, 0.3) is 0 Å². The van der Waals surface area contributed by atoms with Crippen LogP contribution in [0.25, 0.3) is 0 Å². The quantitative estimate of drug-likeness (QED) is 0.807. The second kappa shape index (κ2) is 6.53. The third-order valence-corrected chi connectivity index (χ3v) is 3.44. The van der Waals surface area contributed by atoms with Gasteiger partial charge in [0.15, 0.2) is 0 Å². The van der Waals surface area contributed by atoms with Gasteiger partial charge in [0.05, 0.1) is 5.60 Å². The van der Waals surface area contributed by atoms with E-state index in [0.717, 1.165) is 39.0 Å². The molecule has 0 aromatic rings. The molecule has 0 aromatic heterocycles. The van der Waals surface area contributed by atoms with E-state index in [4.69, 9.17) is 0 Å². The normalized spacial score (nSPS) is 19.9. The molecule has 1 N–H and O–H groups in total. The fourth-order valence-electron chi connectivity index (χ4n) is 2.54. The SMILES string of the molecule is CCCC(C)C(=O)N1CCN(CC(C)(C)O)CC1. The van der Waals surface area contributed by atoms with Crippen molar-refractivity contribution in [3.05, 3.63) is 0 Å². The van der Waals surface area contributed by atoms with Crippen molar-refractivity contribution in [1.29, 1.82) is 0 Å². The van der Waals surface area contributed by atoms with Crippen LogP contribution in [-0.4, -0.2) is 59.1 Å². The number of rotatable bonds is 5. The van der Waals surface area contributed by atoms with Crippen molar-refractivity contribution in [3.63, 3.8) is 0 Å². The summed E-state index contributed by atoms with van der Waals surface area (Å²) in [4.78, 5) is 16.3. The van der Waals surface area contributed by atoms with Crippen LogP contribution in [0.2, 0.25) is 0 Å². The summed E-state index contributed by atoms with van der Waals surface area (Å²) in [7, 11) is 0. The van der Waals surface area contributed by atoms with Gasteiger partial charge in [-0.2, -0.15) is 0 Å². The monoisotopic (exact) mass is 256 g/mol. The van der Waals surface area contributed by atoms with Gasteiger partial charge in [-0.15, -0.1) is 0 Å². The molecule has 4 nitrogen and oxygen atoms in total. The molecule has 0 saturated carbocycles. The number of β-amino-alcohol motifs (C(OH)–C–C–N with tert-alkyl or cyclic N) is 1. The molecule has 1 atom stereocenters. The van der Waals surface area contributed by atoms with E-state index >= 15 is 0 Å². The van der Waals surface area contributed by atoms with E-state index in [-0.39, 0.29) is 5.92 Å². The molecule has 106 valence electrons. The van der Waals surface area contributed by atoms with Gasteiger partial charge in [-0.1, -0.05) is 20.3 Å². The molecule has 1 fully saturated rings. The lowest BCUT2D eigenvalue weighted by atomic mass is 10.0. The van der Waals surface area contributed by atoms with E-state index < -0.39 is 5.60 Å². The minimum absolute atomic E-state index is 0.149. The van der Waals surface area contributed by atoms with Crippen molar-refractivity contribution in [1.82, 2.24) is 9.80 Å². The number of aliphatic hydroxyl groups is 1. The summed E-state index contributed by atoms with van der Waals surface area (Å²) in [6, 6.07) is 0. The van der Waals surface area contributed by atoms with Crippen LogP contribution in [0.3, 0.4) is 0 Å². The van der Waals surface area contributed by atoms with Crippen molar-refractivity contribution in [2.24, 2.45) is 5.92 Å². The fourth-order valence-corrected chi connectivity index (χ4v) is 2.54. The first-order chi connectivity index (χ1) is 8.33. The highest BCUT2D eigenvalue weighted by atomic mass is 16.3. The summed E-state index contributed by atoms with van der Waals surface area (Å²) >= 11 is 0. The molecule has 1 aliphatic heterocycles. The van der Waals surface area contributed by atoms with Gasteiger partial charge in [0, 0.05) is 38.6 Å². The topological polar surface area (TPSA) is 43.8 Å². The standard InChI is InChI=1S/C14H28N2O2/c1-5-6-12(2)13(17)16-9-7-15(8-10-16)11-14(3,4)18/h12,18H,5-11H2,1-4H3. The van der Waals surface area contributed by atoms with Crippen LogP contribution in [0, 0.1) is 5.92 Å². The van der Waals surface area contributed by atoms with Gasteiger partial charge in [-0.25, -0.2) is 0 Å². The number of hydrogen-bond acceptors (Lipinski definition) is 3. The Labute approximate surface area is 111 Å². The Balaban J connectivity index is 2.37. The Kier molecular flexibility index (Phi) is 5.60.